The van der Waals surface area contributed by atoms with Crippen LogP contribution < -0.4 is 25.4 Å². The van der Waals surface area contributed by atoms with E-state index >= 15 is 0 Å². The van der Waals surface area contributed by atoms with Crippen molar-refractivity contribution in [2.24, 2.45) is 0 Å². The van der Waals surface area contributed by atoms with Crippen molar-refractivity contribution in [2.75, 3.05) is 19.0 Å². The molecule has 138 valence electrons. The summed E-state index contributed by atoms with van der Waals surface area (Å²) in [5.74, 6) is -0.0407. The molecule has 3 rings (SSSR count). The summed E-state index contributed by atoms with van der Waals surface area (Å²) in [4.78, 5) is 34.7. The van der Waals surface area contributed by atoms with Crippen LogP contribution in [0, 0.1) is 0 Å². The number of carbonyl (C=O) groups is 3. The maximum Gasteiger partial charge on any atom is 0.326 e. The highest BCUT2D eigenvalue weighted by Crippen LogP contribution is 2.29. The Balaban J connectivity index is 1.66. The number of anilines is 1. The Hall–Kier alpha value is -3.81. The summed E-state index contributed by atoms with van der Waals surface area (Å²) in [5.41, 5.74) is 1.44. The molecule has 0 aliphatic carbocycles. The van der Waals surface area contributed by atoms with Gasteiger partial charge in [-0.1, -0.05) is 24.3 Å². The molecule has 0 unspecified atom stereocenters. The minimum absolute atomic E-state index is 0.137. The van der Waals surface area contributed by atoms with Gasteiger partial charge in [-0.3, -0.25) is 14.9 Å². The fraction of sp³-hybridized carbons (Fsp3) is 0.105. The van der Waals surface area contributed by atoms with Gasteiger partial charge in [-0.15, -0.1) is 0 Å². The molecule has 0 bridgehead atoms. The number of carbonyl (C=O) groups excluding carboxylic acids is 3. The molecule has 27 heavy (non-hydrogen) atoms. The van der Waals surface area contributed by atoms with Gasteiger partial charge in [-0.25, -0.2) is 4.79 Å². The van der Waals surface area contributed by atoms with E-state index in [-0.39, 0.29) is 18.2 Å². The average Bonchev–Trinajstić information content (AvgIpc) is 2.98. The number of amides is 4. The molecule has 0 atom stereocenters. The summed E-state index contributed by atoms with van der Waals surface area (Å²) in [5, 5.41) is 7.25. The number of benzene rings is 2. The van der Waals surface area contributed by atoms with Gasteiger partial charge in [0.05, 0.1) is 7.11 Å². The third-order valence-electron chi connectivity index (χ3n) is 3.63. The first kappa shape index (κ1) is 18.0. The summed E-state index contributed by atoms with van der Waals surface area (Å²) < 4.78 is 10.8. The van der Waals surface area contributed by atoms with Gasteiger partial charge in [0.1, 0.15) is 5.70 Å². The molecule has 0 saturated carbocycles. The second-order valence-corrected chi connectivity index (χ2v) is 5.58. The number of imide groups is 1. The Kier molecular flexibility index (Phi) is 5.36. The number of rotatable bonds is 6. The standard InChI is InChI=1S/C19H17N3O5/c1-26-16-10-12(9-14-18(24)22-19(25)21-14)7-8-15(16)27-11-17(23)20-13-5-3-2-4-6-13/h2-10H,11H2,1H3,(H,20,23)(H2,21,22,24,25)/b14-9-. The molecule has 3 N–H and O–H groups in total. The van der Waals surface area contributed by atoms with Gasteiger partial charge in [0.25, 0.3) is 11.8 Å². The molecule has 1 saturated heterocycles. The van der Waals surface area contributed by atoms with Crippen LogP contribution in [-0.2, 0) is 9.59 Å². The molecule has 1 aliphatic heterocycles. The van der Waals surface area contributed by atoms with E-state index < -0.39 is 11.9 Å². The summed E-state index contributed by atoms with van der Waals surface area (Å²) in [6.07, 6.45) is 1.51. The number of urea groups is 1. The highest BCUT2D eigenvalue weighted by molar-refractivity contribution is 6.14. The third-order valence-corrected chi connectivity index (χ3v) is 3.63. The van der Waals surface area contributed by atoms with Crippen LogP contribution in [0.4, 0.5) is 10.5 Å². The van der Waals surface area contributed by atoms with E-state index in [1.165, 1.54) is 13.2 Å². The van der Waals surface area contributed by atoms with Crippen LogP contribution in [0.2, 0.25) is 0 Å². The van der Waals surface area contributed by atoms with Gasteiger partial charge < -0.3 is 20.1 Å². The van der Waals surface area contributed by atoms with Crippen LogP contribution in [0.25, 0.3) is 6.08 Å². The summed E-state index contributed by atoms with van der Waals surface area (Å²) >= 11 is 0. The zero-order chi connectivity index (χ0) is 19.2. The quantitative estimate of drug-likeness (QED) is 0.534. The van der Waals surface area contributed by atoms with E-state index in [1.807, 2.05) is 18.2 Å². The molecule has 1 heterocycles. The Morgan fingerprint density at radius 1 is 1.07 bits per heavy atom. The van der Waals surface area contributed by atoms with Gasteiger partial charge in [-0.05, 0) is 35.9 Å². The normalized spacial score (nSPS) is 14.5. The van der Waals surface area contributed by atoms with E-state index in [0.29, 0.717) is 22.7 Å². The Bertz CT molecular complexity index is 909. The van der Waals surface area contributed by atoms with Gasteiger partial charge >= 0.3 is 6.03 Å². The number of ether oxygens (including phenoxy) is 2. The molecule has 0 radical (unpaired) electrons. The second kappa shape index (κ2) is 8.05. The van der Waals surface area contributed by atoms with Crippen molar-refractivity contribution in [3.05, 3.63) is 59.8 Å². The van der Waals surface area contributed by atoms with Crippen molar-refractivity contribution in [1.82, 2.24) is 10.6 Å². The largest absolute Gasteiger partial charge is 0.493 e. The lowest BCUT2D eigenvalue weighted by atomic mass is 10.1. The topological polar surface area (TPSA) is 106 Å². The second-order valence-electron chi connectivity index (χ2n) is 5.58. The number of methoxy groups -OCH3 is 1. The zero-order valence-corrected chi connectivity index (χ0v) is 14.4. The minimum Gasteiger partial charge on any atom is -0.493 e. The number of hydrogen-bond acceptors (Lipinski definition) is 5. The Morgan fingerprint density at radius 3 is 2.52 bits per heavy atom. The van der Waals surface area contributed by atoms with Crippen molar-refractivity contribution >= 4 is 29.6 Å². The van der Waals surface area contributed by atoms with Crippen molar-refractivity contribution in [3.8, 4) is 11.5 Å². The van der Waals surface area contributed by atoms with Crippen molar-refractivity contribution < 1.29 is 23.9 Å². The molecular weight excluding hydrogens is 350 g/mol. The number of hydrogen-bond donors (Lipinski definition) is 3. The van der Waals surface area contributed by atoms with E-state index in [4.69, 9.17) is 9.47 Å². The summed E-state index contributed by atoms with van der Waals surface area (Å²) in [7, 11) is 1.47. The Labute approximate surface area is 155 Å². The molecule has 0 aromatic heterocycles. The summed E-state index contributed by atoms with van der Waals surface area (Å²) in [6.45, 7) is -0.190. The first-order chi connectivity index (χ1) is 13.0. The SMILES string of the molecule is COc1cc(/C=C2\NC(=O)NC2=O)ccc1OCC(=O)Nc1ccccc1. The van der Waals surface area contributed by atoms with Crippen LogP contribution in [0.15, 0.2) is 54.2 Å². The zero-order valence-electron chi connectivity index (χ0n) is 14.4. The van der Waals surface area contributed by atoms with Crippen LogP contribution in [0.1, 0.15) is 5.56 Å². The van der Waals surface area contributed by atoms with Crippen molar-refractivity contribution in [1.29, 1.82) is 0 Å². The van der Waals surface area contributed by atoms with E-state index in [1.54, 1.807) is 30.3 Å². The first-order valence-electron chi connectivity index (χ1n) is 8.05. The minimum atomic E-state index is -0.567. The van der Waals surface area contributed by atoms with E-state index in [9.17, 15) is 14.4 Å². The average molecular weight is 367 g/mol. The maximum atomic E-state index is 12.0. The lowest BCUT2D eigenvalue weighted by Gasteiger charge is -2.11. The fourth-order valence-corrected chi connectivity index (χ4v) is 2.40. The number of para-hydroxylation sites is 1. The molecule has 4 amide bonds. The lowest BCUT2D eigenvalue weighted by Crippen LogP contribution is -2.22. The predicted molar refractivity (Wildman–Crippen MR) is 98.2 cm³/mol. The molecule has 2 aromatic rings. The molecule has 2 aromatic carbocycles. The number of nitrogens with one attached hydrogen (secondary N) is 3. The molecule has 0 spiro atoms. The van der Waals surface area contributed by atoms with Crippen LogP contribution in [-0.4, -0.2) is 31.6 Å². The smallest absolute Gasteiger partial charge is 0.326 e. The van der Waals surface area contributed by atoms with E-state index in [2.05, 4.69) is 16.0 Å². The van der Waals surface area contributed by atoms with Gasteiger partial charge in [0.15, 0.2) is 18.1 Å². The highest BCUT2D eigenvalue weighted by atomic mass is 16.5. The highest BCUT2D eigenvalue weighted by Gasteiger charge is 2.22. The molecule has 8 heteroatoms. The third kappa shape index (κ3) is 4.63. The Morgan fingerprint density at radius 2 is 1.85 bits per heavy atom. The maximum absolute atomic E-state index is 12.0. The van der Waals surface area contributed by atoms with Crippen LogP contribution in [0.3, 0.4) is 0 Å². The van der Waals surface area contributed by atoms with Gasteiger partial charge in [0.2, 0.25) is 0 Å². The van der Waals surface area contributed by atoms with Gasteiger partial charge in [0, 0.05) is 5.69 Å². The molecular formula is C19H17N3O5. The monoisotopic (exact) mass is 367 g/mol. The van der Waals surface area contributed by atoms with Gasteiger partial charge in [-0.2, -0.15) is 0 Å². The molecule has 1 fully saturated rings. The predicted octanol–water partition coefficient (Wildman–Crippen LogP) is 1.89. The molecule has 8 nitrogen and oxygen atoms in total. The van der Waals surface area contributed by atoms with Crippen LogP contribution >= 0.6 is 0 Å². The van der Waals surface area contributed by atoms with Crippen molar-refractivity contribution in [2.45, 2.75) is 0 Å². The first-order valence-corrected chi connectivity index (χ1v) is 8.05. The fourth-order valence-electron chi connectivity index (χ4n) is 2.40. The molecule has 1 aliphatic rings. The van der Waals surface area contributed by atoms with Crippen LogP contribution in [0.5, 0.6) is 11.5 Å². The lowest BCUT2D eigenvalue weighted by molar-refractivity contribution is -0.118. The van der Waals surface area contributed by atoms with Crippen molar-refractivity contribution in [3.63, 3.8) is 0 Å². The van der Waals surface area contributed by atoms with E-state index in [0.717, 1.165) is 0 Å². The summed E-state index contributed by atoms with van der Waals surface area (Å²) in [6, 6.07) is 13.4.